The molecule has 1 aliphatic rings. The number of hydrogen-bond acceptors (Lipinski definition) is 9. The molecule has 0 saturated carbocycles. The maximum atomic E-state index is 13.2. The van der Waals surface area contributed by atoms with Gasteiger partial charge in [-0.3, -0.25) is 14.4 Å². The Balaban J connectivity index is 1.66. The molecule has 1 aliphatic heterocycles. The quantitative estimate of drug-likeness (QED) is 0.508. The van der Waals surface area contributed by atoms with Crippen LogP contribution in [-0.4, -0.2) is 45.3 Å². The maximum absolute atomic E-state index is 13.2. The van der Waals surface area contributed by atoms with Gasteiger partial charge in [0.15, 0.2) is 12.4 Å². The molecule has 0 unspecified atom stereocenters. The van der Waals surface area contributed by atoms with Crippen LogP contribution in [0.4, 0.5) is 11.4 Å². The topological polar surface area (TPSA) is 133 Å². The molecular formula is C22H24N4O7S. The summed E-state index contributed by atoms with van der Waals surface area (Å²) in [5, 5.41) is 3.90. The summed E-state index contributed by atoms with van der Waals surface area (Å²) in [5.41, 5.74) is 1.10. The summed E-state index contributed by atoms with van der Waals surface area (Å²) in [6, 6.07) is 7.74. The molecule has 0 radical (unpaired) electrons. The van der Waals surface area contributed by atoms with E-state index in [2.05, 4.69) is 14.9 Å². The van der Waals surface area contributed by atoms with Crippen LogP contribution in [0.3, 0.4) is 0 Å². The number of carbonyl (C=O) groups is 1. The number of nitrogens with one attached hydrogen (secondary N) is 1. The van der Waals surface area contributed by atoms with E-state index in [4.69, 9.17) is 18.7 Å². The van der Waals surface area contributed by atoms with Gasteiger partial charge in [-0.15, -0.1) is 0 Å². The Hall–Kier alpha value is -3.80. The molecule has 0 aliphatic carbocycles. The van der Waals surface area contributed by atoms with E-state index in [0.29, 0.717) is 40.9 Å². The SMILES string of the molecule is CCc1nc(CN2C(=O)COc3cc(S(=O)(=O)Nc4ccc(OC)cc4OC)c(C)cc32)no1. The molecule has 0 bridgehead atoms. The Morgan fingerprint density at radius 3 is 2.65 bits per heavy atom. The van der Waals surface area contributed by atoms with Gasteiger partial charge in [-0.25, -0.2) is 8.42 Å². The Labute approximate surface area is 196 Å². The van der Waals surface area contributed by atoms with Crippen LogP contribution in [0.15, 0.2) is 39.8 Å². The van der Waals surface area contributed by atoms with Crippen LogP contribution in [0.1, 0.15) is 24.2 Å². The summed E-state index contributed by atoms with van der Waals surface area (Å²) in [6.45, 7) is 3.35. The van der Waals surface area contributed by atoms with Gasteiger partial charge >= 0.3 is 0 Å². The van der Waals surface area contributed by atoms with E-state index < -0.39 is 10.0 Å². The number of anilines is 2. The highest BCUT2D eigenvalue weighted by molar-refractivity contribution is 7.92. The second-order valence-corrected chi connectivity index (χ2v) is 9.13. The second kappa shape index (κ2) is 9.21. The molecule has 0 saturated heterocycles. The number of sulfonamides is 1. The van der Waals surface area contributed by atoms with Gasteiger partial charge in [-0.2, -0.15) is 4.98 Å². The van der Waals surface area contributed by atoms with Gasteiger partial charge in [-0.1, -0.05) is 12.1 Å². The number of aryl methyl sites for hydroxylation is 2. The van der Waals surface area contributed by atoms with Gasteiger partial charge in [0, 0.05) is 18.6 Å². The Morgan fingerprint density at radius 1 is 1.18 bits per heavy atom. The number of ether oxygens (including phenoxy) is 3. The van der Waals surface area contributed by atoms with Crippen molar-refractivity contribution in [2.75, 3.05) is 30.4 Å². The smallest absolute Gasteiger partial charge is 0.265 e. The molecule has 1 amide bonds. The summed E-state index contributed by atoms with van der Waals surface area (Å²) in [7, 11) is -1.08. The first-order chi connectivity index (χ1) is 16.2. The predicted octanol–water partition coefficient (Wildman–Crippen LogP) is 2.68. The molecule has 2 aromatic carbocycles. The normalized spacial score (nSPS) is 13.3. The lowest BCUT2D eigenvalue weighted by atomic mass is 10.1. The minimum absolute atomic E-state index is 0.00579. The molecule has 34 heavy (non-hydrogen) atoms. The van der Waals surface area contributed by atoms with Gasteiger partial charge in [0.2, 0.25) is 5.89 Å². The molecule has 4 rings (SSSR count). The van der Waals surface area contributed by atoms with E-state index in [9.17, 15) is 13.2 Å². The summed E-state index contributed by atoms with van der Waals surface area (Å²) in [4.78, 5) is 18.3. The number of aromatic nitrogens is 2. The number of fused-ring (bicyclic) bond motifs is 1. The molecule has 1 N–H and O–H groups in total. The largest absolute Gasteiger partial charge is 0.497 e. The fourth-order valence-electron chi connectivity index (χ4n) is 3.52. The van der Waals surface area contributed by atoms with Crippen LogP contribution in [0, 0.1) is 6.92 Å². The Kier molecular flexibility index (Phi) is 6.33. The number of amides is 1. The summed E-state index contributed by atoms with van der Waals surface area (Å²) < 4.78 is 50.1. The third-order valence-electron chi connectivity index (χ3n) is 5.25. The number of nitrogens with zero attached hydrogens (tertiary/aromatic N) is 3. The number of methoxy groups -OCH3 is 2. The maximum Gasteiger partial charge on any atom is 0.265 e. The van der Waals surface area contributed by atoms with E-state index in [1.807, 2.05) is 6.92 Å². The molecule has 0 atom stereocenters. The van der Waals surface area contributed by atoms with Crippen LogP contribution in [0.25, 0.3) is 0 Å². The standard InChI is InChI=1S/C22H24N4O7S/c1-5-21-23-20(24-33-21)11-26-16-8-13(2)19(10-18(16)32-12-22(26)27)34(28,29)25-15-7-6-14(30-3)9-17(15)31-4/h6-10,25H,5,11-12H2,1-4H3. The molecule has 180 valence electrons. The van der Waals surface area contributed by atoms with Gasteiger partial charge in [-0.05, 0) is 30.7 Å². The van der Waals surface area contributed by atoms with Crippen molar-refractivity contribution in [1.29, 1.82) is 0 Å². The first kappa shape index (κ1) is 23.4. The Bertz CT molecular complexity index is 1340. The monoisotopic (exact) mass is 488 g/mol. The molecular weight excluding hydrogens is 464 g/mol. The average Bonchev–Trinajstić information content (AvgIpc) is 3.28. The van der Waals surface area contributed by atoms with Crippen LogP contribution >= 0.6 is 0 Å². The fraction of sp³-hybridized carbons (Fsp3) is 0.318. The van der Waals surface area contributed by atoms with Gasteiger partial charge in [0.25, 0.3) is 15.9 Å². The molecule has 11 nitrogen and oxygen atoms in total. The first-order valence-corrected chi connectivity index (χ1v) is 11.9. The van der Waals surface area contributed by atoms with Gasteiger partial charge in [0.1, 0.15) is 17.2 Å². The first-order valence-electron chi connectivity index (χ1n) is 10.4. The molecule has 0 fully saturated rings. The minimum Gasteiger partial charge on any atom is -0.497 e. The average molecular weight is 489 g/mol. The lowest BCUT2D eigenvalue weighted by molar-refractivity contribution is -0.121. The van der Waals surface area contributed by atoms with E-state index in [-0.39, 0.29) is 35.4 Å². The van der Waals surface area contributed by atoms with E-state index in [0.717, 1.165) is 0 Å². The van der Waals surface area contributed by atoms with Crippen LogP contribution < -0.4 is 23.8 Å². The fourth-order valence-corrected chi connectivity index (χ4v) is 4.83. The van der Waals surface area contributed by atoms with E-state index in [1.54, 1.807) is 31.2 Å². The molecule has 0 spiro atoms. The number of hydrogen-bond donors (Lipinski definition) is 1. The van der Waals surface area contributed by atoms with E-state index >= 15 is 0 Å². The summed E-state index contributed by atoms with van der Waals surface area (Å²) in [5.74, 6) is 1.60. The Morgan fingerprint density at radius 2 is 1.97 bits per heavy atom. The molecule has 1 aromatic heterocycles. The molecule has 2 heterocycles. The summed E-state index contributed by atoms with van der Waals surface area (Å²) in [6.07, 6.45) is 0.576. The zero-order valence-corrected chi connectivity index (χ0v) is 19.9. The van der Waals surface area contributed by atoms with Crippen LogP contribution in [0.5, 0.6) is 17.2 Å². The minimum atomic E-state index is -4.01. The predicted molar refractivity (Wildman–Crippen MR) is 122 cm³/mol. The van der Waals surface area contributed by atoms with Crippen molar-refractivity contribution in [3.05, 3.63) is 47.6 Å². The number of carbonyl (C=O) groups excluding carboxylic acids is 1. The van der Waals surface area contributed by atoms with Crippen molar-refractivity contribution in [2.24, 2.45) is 0 Å². The van der Waals surface area contributed by atoms with Crippen molar-refractivity contribution >= 4 is 27.3 Å². The lowest BCUT2D eigenvalue weighted by Gasteiger charge is -2.29. The molecule has 12 heteroatoms. The highest BCUT2D eigenvalue weighted by Gasteiger charge is 2.30. The number of benzene rings is 2. The van der Waals surface area contributed by atoms with Crippen molar-refractivity contribution in [1.82, 2.24) is 10.1 Å². The van der Waals surface area contributed by atoms with E-state index in [1.165, 1.54) is 25.2 Å². The van der Waals surface area contributed by atoms with Crippen molar-refractivity contribution in [3.8, 4) is 17.2 Å². The lowest BCUT2D eigenvalue weighted by Crippen LogP contribution is -2.38. The number of rotatable bonds is 8. The van der Waals surface area contributed by atoms with Crippen LogP contribution in [0.2, 0.25) is 0 Å². The van der Waals surface area contributed by atoms with Gasteiger partial charge < -0.3 is 18.7 Å². The summed E-state index contributed by atoms with van der Waals surface area (Å²) >= 11 is 0. The second-order valence-electron chi connectivity index (χ2n) is 7.48. The zero-order valence-electron chi connectivity index (χ0n) is 19.1. The van der Waals surface area contributed by atoms with Crippen molar-refractivity contribution < 1.29 is 31.9 Å². The van der Waals surface area contributed by atoms with Crippen molar-refractivity contribution in [3.63, 3.8) is 0 Å². The van der Waals surface area contributed by atoms with Crippen molar-refractivity contribution in [2.45, 2.75) is 31.7 Å². The highest BCUT2D eigenvalue weighted by Crippen LogP contribution is 2.38. The third-order valence-corrected chi connectivity index (χ3v) is 6.76. The molecule has 3 aromatic rings. The van der Waals surface area contributed by atoms with Gasteiger partial charge in [0.05, 0.1) is 37.0 Å². The third kappa shape index (κ3) is 4.49. The highest BCUT2D eigenvalue weighted by atomic mass is 32.2. The van der Waals surface area contributed by atoms with Crippen LogP contribution in [-0.2, 0) is 27.8 Å². The zero-order chi connectivity index (χ0) is 24.5.